The van der Waals surface area contributed by atoms with Crippen LogP contribution in [0.2, 0.25) is 0 Å². The predicted octanol–water partition coefficient (Wildman–Crippen LogP) is 3.30. The smallest absolute Gasteiger partial charge is 0.151 e. The molecule has 4 aliphatic carbocycles. The maximum Gasteiger partial charge on any atom is 0.151 e. The van der Waals surface area contributed by atoms with Gasteiger partial charge in [0.05, 0.1) is 0 Å². The van der Waals surface area contributed by atoms with Gasteiger partial charge in [-0.05, 0) is 67.1 Å². The third-order valence-electron chi connectivity index (χ3n) is 9.79. The molecule has 0 radical (unpaired) electrons. The van der Waals surface area contributed by atoms with Gasteiger partial charge in [0.25, 0.3) is 0 Å². The normalized spacial score (nSPS) is 45.7. The number of carbonyl (C=O) groups excluding carboxylic acids is 3. The van der Waals surface area contributed by atoms with Crippen molar-refractivity contribution in [2.24, 2.45) is 46.3 Å². The van der Waals surface area contributed by atoms with E-state index in [9.17, 15) is 24.6 Å². The van der Waals surface area contributed by atoms with Gasteiger partial charge in [-0.1, -0.05) is 20.8 Å². The Bertz CT molecular complexity index is 714. The second kappa shape index (κ2) is 7.26. The standard InChI is InChI=1S/C24H36O5/c1-13(4-7-21(28)29)16-5-6-17-22-18(12-20(27)24(16,17)3)23(2)9-8-15(25)10-14(23)11-19(22)26/h13-14,16-18,21-22,28-29H,4-12H2,1-3H3. The molecule has 2 N–H and O–H groups in total. The molecule has 0 aromatic carbocycles. The summed E-state index contributed by atoms with van der Waals surface area (Å²) in [5, 5.41) is 18.5. The van der Waals surface area contributed by atoms with Gasteiger partial charge in [-0.3, -0.25) is 14.4 Å². The van der Waals surface area contributed by atoms with E-state index in [0.29, 0.717) is 44.3 Å². The Balaban J connectivity index is 1.63. The first-order chi connectivity index (χ1) is 13.6. The van der Waals surface area contributed by atoms with Crippen molar-refractivity contribution in [3.8, 4) is 0 Å². The number of aliphatic hydroxyl groups excluding tert-OH is 1. The molecule has 0 saturated heterocycles. The van der Waals surface area contributed by atoms with Gasteiger partial charge in [0.15, 0.2) is 6.29 Å². The van der Waals surface area contributed by atoms with Crippen molar-refractivity contribution in [1.82, 2.24) is 0 Å². The summed E-state index contributed by atoms with van der Waals surface area (Å²) in [6.07, 6.45) is 4.42. The van der Waals surface area contributed by atoms with Gasteiger partial charge in [-0.2, -0.15) is 0 Å². The van der Waals surface area contributed by atoms with Crippen LogP contribution in [0.15, 0.2) is 0 Å². The van der Waals surface area contributed by atoms with Crippen LogP contribution in [0.1, 0.15) is 78.6 Å². The molecule has 0 aromatic heterocycles. The topological polar surface area (TPSA) is 91.7 Å². The molecule has 4 fully saturated rings. The average Bonchev–Trinajstić information content (AvgIpc) is 3.01. The van der Waals surface area contributed by atoms with Crippen LogP contribution >= 0.6 is 0 Å². The molecule has 4 saturated carbocycles. The van der Waals surface area contributed by atoms with Gasteiger partial charge in [-0.25, -0.2) is 0 Å². The van der Waals surface area contributed by atoms with Crippen LogP contribution in [0.3, 0.4) is 0 Å². The highest BCUT2D eigenvalue weighted by Crippen LogP contribution is 2.66. The van der Waals surface area contributed by atoms with Gasteiger partial charge >= 0.3 is 0 Å². The molecule has 4 aliphatic rings. The van der Waals surface area contributed by atoms with E-state index < -0.39 is 11.7 Å². The highest BCUT2D eigenvalue weighted by atomic mass is 16.5. The van der Waals surface area contributed by atoms with Gasteiger partial charge < -0.3 is 10.2 Å². The van der Waals surface area contributed by atoms with Crippen LogP contribution < -0.4 is 0 Å². The Hall–Kier alpha value is -1.07. The number of carbonyl (C=O) groups is 3. The molecule has 29 heavy (non-hydrogen) atoms. The summed E-state index contributed by atoms with van der Waals surface area (Å²) in [6.45, 7) is 6.44. The molecule has 0 heterocycles. The summed E-state index contributed by atoms with van der Waals surface area (Å²) in [4.78, 5) is 39.0. The second-order valence-corrected chi connectivity index (χ2v) is 11.0. The molecule has 0 spiro atoms. The zero-order chi connectivity index (χ0) is 21.1. The number of fused-ring (bicyclic) bond motifs is 5. The molecule has 8 unspecified atom stereocenters. The first-order valence-corrected chi connectivity index (χ1v) is 11.5. The minimum absolute atomic E-state index is 0.0483. The lowest BCUT2D eigenvalue weighted by Gasteiger charge is -2.58. The Labute approximate surface area is 173 Å². The monoisotopic (exact) mass is 404 g/mol. The number of aliphatic hydroxyl groups is 2. The first kappa shape index (κ1) is 21.2. The zero-order valence-electron chi connectivity index (χ0n) is 18.0. The molecule has 4 rings (SSSR count). The molecular weight excluding hydrogens is 368 g/mol. The van der Waals surface area contributed by atoms with E-state index in [1.807, 2.05) is 0 Å². The predicted molar refractivity (Wildman–Crippen MR) is 108 cm³/mol. The summed E-state index contributed by atoms with van der Waals surface area (Å²) < 4.78 is 0. The fourth-order valence-corrected chi connectivity index (χ4v) is 8.00. The molecule has 8 atom stereocenters. The highest BCUT2D eigenvalue weighted by Gasteiger charge is 2.66. The molecule has 0 bridgehead atoms. The number of Topliss-reactive ketones (excluding diaryl/α,β-unsaturated/α-hetero) is 3. The highest BCUT2D eigenvalue weighted by molar-refractivity contribution is 5.93. The lowest BCUT2D eigenvalue weighted by atomic mass is 9.44. The SMILES string of the molecule is CC(CCC(O)O)C1CCC2C3C(=O)CC4CC(=O)CCC4(C)C3CC(=O)C12C. The lowest BCUT2D eigenvalue weighted by molar-refractivity contribution is -0.166. The summed E-state index contributed by atoms with van der Waals surface area (Å²) in [5.41, 5.74) is -0.557. The van der Waals surface area contributed by atoms with Gasteiger partial charge in [0.2, 0.25) is 0 Å². The average molecular weight is 405 g/mol. The number of hydrogen-bond acceptors (Lipinski definition) is 5. The van der Waals surface area contributed by atoms with E-state index in [1.165, 1.54) is 0 Å². The van der Waals surface area contributed by atoms with Crippen LogP contribution in [-0.2, 0) is 14.4 Å². The van der Waals surface area contributed by atoms with Crippen molar-refractivity contribution in [2.75, 3.05) is 0 Å². The van der Waals surface area contributed by atoms with Gasteiger partial charge in [-0.15, -0.1) is 0 Å². The van der Waals surface area contributed by atoms with Crippen molar-refractivity contribution in [3.05, 3.63) is 0 Å². The number of rotatable bonds is 4. The van der Waals surface area contributed by atoms with Crippen molar-refractivity contribution in [3.63, 3.8) is 0 Å². The van der Waals surface area contributed by atoms with Crippen LogP contribution in [0, 0.1) is 46.3 Å². The Kier molecular flexibility index (Phi) is 5.30. The van der Waals surface area contributed by atoms with Gasteiger partial charge in [0.1, 0.15) is 17.3 Å². The Morgan fingerprint density at radius 1 is 1.00 bits per heavy atom. The van der Waals surface area contributed by atoms with Gasteiger partial charge in [0, 0.05) is 37.0 Å². The summed E-state index contributed by atoms with van der Waals surface area (Å²) in [5.74, 6) is 1.52. The molecule has 5 heteroatoms. The minimum atomic E-state index is -1.31. The van der Waals surface area contributed by atoms with E-state index in [1.54, 1.807) is 0 Å². The largest absolute Gasteiger partial charge is 0.368 e. The molecule has 5 nitrogen and oxygen atoms in total. The van der Waals surface area contributed by atoms with Crippen LogP contribution in [0.4, 0.5) is 0 Å². The fourth-order valence-electron chi connectivity index (χ4n) is 8.00. The van der Waals surface area contributed by atoms with E-state index in [0.717, 1.165) is 19.3 Å². The zero-order valence-corrected chi connectivity index (χ0v) is 18.0. The van der Waals surface area contributed by atoms with E-state index in [4.69, 9.17) is 0 Å². The maximum absolute atomic E-state index is 13.6. The van der Waals surface area contributed by atoms with Crippen molar-refractivity contribution >= 4 is 17.3 Å². The minimum Gasteiger partial charge on any atom is -0.368 e. The quantitative estimate of drug-likeness (QED) is 0.702. The van der Waals surface area contributed by atoms with E-state index in [-0.39, 0.29) is 52.5 Å². The van der Waals surface area contributed by atoms with Crippen molar-refractivity contribution in [2.45, 2.75) is 84.8 Å². The first-order valence-electron chi connectivity index (χ1n) is 11.5. The van der Waals surface area contributed by atoms with E-state index >= 15 is 0 Å². The maximum atomic E-state index is 13.6. The van der Waals surface area contributed by atoms with E-state index in [2.05, 4.69) is 20.8 Å². The van der Waals surface area contributed by atoms with Crippen LogP contribution in [0.5, 0.6) is 0 Å². The summed E-state index contributed by atoms with van der Waals surface area (Å²) in [7, 11) is 0. The summed E-state index contributed by atoms with van der Waals surface area (Å²) >= 11 is 0. The fraction of sp³-hybridized carbons (Fsp3) is 0.875. The molecule has 162 valence electrons. The third kappa shape index (κ3) is 3.15. The number of ketones is 3. The molecular formula is C24H36O5. The number of hydrogen-bond donors (Lipinski definition) is 2. The third-order valence-corrected chi connectivity index (χ3v) is 9.79. The summed E-state index contributed by atoms with van der Waals surface area (Å²) in [6, 6.07) is 0. The Morgan fingerprint density at radius 3 is 2.41 bits per heavy atom. The second-order valence-electron chi connectivity index (χ2n) is 11.0. The van der Waals surface area contributed by atoms with Crippen LogP contribution in [-0.4, -0.2) is 33.9 Å². The lowest BCUT2D eigenvalue weighted by Crippen LogP contribution is -2.60. The molecule has 0 amide bonds. The van der Waals surface area contributed by atoms with Crippen molar-refractivity contribution < 1.29 is 24.6 Å². The molecule has 0 aromatic rings. The molecule has 0 aliphatic heterocycles. The Morgan fingerprint density at radius 2 is 1.72 bits per heavy atom. The van der Waals surface area contributed by atoms with Crippen molar-refractivity contribution in [1.29, 1.82) is 0 Å². The van der Waals surface area contributed by atoms with Crippen LogP contribution in [0.25, 0.3) is 0 Å².